The number of thiophene rings is 1. The molecule has 4 aromatic rings. The number of carbonyl (C=O) groups is 1. The number of rotatable bonds is 7. The lowest BCUT2D eigenvalue weighted by Gasteiger charge is -2.14. The predicted octanol–water partition coefficient (Wildman–Crippen LogP) is 5.59. The molecule has 0 saturated heterocycles. The molecule has 0 unspecified atom stereocenters. The normalized spacial score (nSPS) is 13.0. The van der Waals surface area contributed by atoms with E-state index >= 15 is 0 Å². The molecule has 0 saturated carbocycles. The average Bonchev–Trinajstić information content (AvgIpc) is 3.24. The van der Waals surface area contributed by atoms with Crippen molar-refractivity contribution < 1.29 is 13.9 Å². The fourth-order valence-electron chi connectivity index (χ4n) is 4.25. The van der Waals surface area contributed by atoms with Gasteiger partial charge in [-0.05, 0) is 74.6 Å². The SMILES string of the molecule is CCOc1ccc(-n2c(SCC(=O)Nc3ccccc3F)nc3sc4c(c3c2=O)CCCC4)cc1. The highest BCUT2D eigenvalue weighted by Gasteiger charge is 2.23. The zero-order chi connectivity index (χ0) is 24.4. The highest BCUT2D eigenvalue weighted by molar-refractivity contribution is 7.99. The number of anilines is 1. The largest absolute Gasteiger partial charge is 0.494 e. The first-order valence-corrected chi connectivity index (χ1v) is 13.3. The van der Waals surface area contributed by atoms with Crippen LogP contribution in [0.2, 0.25) is 0 Å². The molecule has 0 aliphatic heterocycles. The summed E-state index contributed by atoms with van der Waals surface area (Å²) in [4.78, 5) is 33.2. The van der Waals surface area contributed by atoms with Crippen molar-refractivity contribution in [2.45, 2.75) is 37.8 Å². The molecule has 5 rings (SSSR count). The number of aromatic nitrogens is 2. The van der Waals surface area contributed by atoms with E-state index in [1.54, 1.807) is 28.0 Å². The monoisotopic (exact) mass is 509 g/mol. The number of halogens is 1. The Bertz CT molecular complexity index is 1450. The Morgan fingerprint density at radius 3 is 2.71 bits per heavy atom. The summed E-state index contributed by atoms with van der Waals surface area (Å²) in [6.45, 7) is 2.46. The summed E-state index contributed by atoms with van der Waals surface area (Å²) in [5.74, 6) is -0.183. The van der Waals surface area contributed by atoms with Gasteiger partial charge in [-0.25, -0.2) is 9.37 Å². The lowest BCUT2D eigenvalue weighted by atomic mass is 9.97. The van der Waals surface area contributed by atoms with Gasteiger partial charge < -0.3 is 10.1 Å². The zero-order valence-electron chi connectivity index (χ0n) is 19.2. The maximum Gasteiger partial charge on any atom is 0.267 e. The fraction of sp³-hybridized carbons (Fsp3) is 0.269. The Labute approximate surface area is 210 Å². The van der Waals surface area contributed by atoms with Gasteiger partial charge in [0.2, 0.25) is 5.91 Å². The van der Waals surface area contributed by atoms with Gasteiger partial charge in [0.15, 0.2) is 5.16 Å². The molecule has 1 N–H and O–H groups in total. The first kappa shape index (κ1) is 23.6. The maximum atomic E-state index is 13.9. The van der Waals surface area contributed by atoms with Crippen molar-refractivity contribution in [3.05, 3.63) is 75.1 Å². The molecule has 6 nitrogen and oxygen atoms in total. The summed E-state index contributed by atoms with van der Waals surface area (Å²) in [6, 6.07) is 13.3. The van der Waals surface area contributed by atoms with Crippen LogP contribution in [0, 0.1) is 5.82 Å². The van der Waals surface area contributed by atoms with Crippen molar-refractivity contribution in [3.63, 3.8) is 0 Å². The van der Waals surface area contributed by atoms with E-state index < -0.39 is 5.82 Å². The number of aryl methyl sites for hydroxylation is 2. The van der Waals surface area contributed by atoms with E-state index in [1.165, 1.54) is 17.0 Å². The van der Waals surface area contributed by atoms with Crippen LogP contribution in [0.4, 0.5) is 10.1 Å². The van der Waals surface area contributed by atoms with Crippen LogP contribution in [0.15, 0.2) is 58.5 Å². The molecule has 180 valence electrons. The number of ether oxygens (including phenoxy) is 1. The summed E-state index contributed by atoms with van der Waals surface area (Å²) < 4.78 is 21.1. The number of benzene rings is 2. The average molecular weight is 510 g/mol. The molecule has 2 heterocycles. The van der Waals surface area contributed by atoms with Crippen LogP contribution in [0.3, 0.4) is 0 Å². The molecule has 2 aromatic heterocycles. The van der Waals surface area contributed by atoms with Crippen LogP contribution < -0.4 is 15.6 Å². The van der Waals surface area contributed by atoms with Gasteiger partial charge in [0.25, 0.3) is 5.56 Å². The third-order valence-electron chi connectivity index (χ3n) is 5.84. The van der Waals surface area contributed by atoms with Crippen LogP contribution in [0.1, 0.15) is 30.2 Å². The fourth-order valence-corrected chi connectivity index (χ4v) is 6.36. The van der Waals surface area contributed by atoms with Gasteiger partial charge in [-0.3, -0.25) is 14.2 Å². The van der Waals surface area contributed by atoms with E-state index in [1.807, 2.05) is 31.2 Å². The number of nitrogens with one attached hydrogen (secondary N) is 1. The van der Waals surface area contributed by atoms with Crippen molar-refractivity contribution in [3.8, 4) is 11.4 Å². The van der Waals surface area contributed by atoms with Crippen molar-refractivity contribution >= 4 is 44.9 Å². The minimum Gasteiger partial charge on any atom is -0.494 e. The van der Waals surface area contributed by atoms with E-state index in [0.29, 0.717) is 33.4 Å². The Balaban J connectivity index is 1.52. The molecule has 0 fully saturated rings. The van der Waals surface area contributed by atoms with E-state index in [4.69, 9.17) is 9.72 Å². The van der Waals surface area contributed by atoms with Gasteiger partial charge in [-0.1, -0.05) is 23.9 Å². The maximum absolute atomic E-state index is 13.9. The van der Waals surface area contributed by atoms with Gasteiger partial charge in [-0.15, -0.1) is 11.3 Å². The molecule has 1 aliphatic carbocycles. The van der Waals surface area contributed by atoms with Crippen molar-refractivity contribution in [1.29, 1.82) is 0 Å². The van der Waals surface area contributed by atoms with Gasteiger partial charge in [0, 0.05) is 4.88 Å². The molecule has 0 radical (unpaired) electrons. The number of thioether (sulfide) groups is 1. The number of amides is 1. The number of fused-ring (bicyclic) bond motifs is 3. The zero-order valence-corrected chi connectivity index (χ0v) is 20.8. The molecule has 0 atom stereocenters. The Hall–Kier alpha value is -3.17. The summed E-state index contributed by atoms with van der Waals surface area (Å²) in [6.07, 6.45) is 4.03. The van der Waals surface area contributed by atoms with Gasteiger partial charge in [-0.2, -0.15) is 0 Å². The minimum absolute atomic E-state index is 0.0194. The molecular weight excluding hydrogens is 485 g/mol. The van der Waals surface area contributed by atoms with Crippen LogP contribution >= 0.6 is 23.1 Å². The third-order valence-corrected chi connectivity index (χ3v) is 7.97. The minimum atomic E-state index is -0.499. The number of carbonyl (C=O) groups excluding carboxylic acids is 1. The van der Waals surface area contributed by atoms with Crippen molar-refractivity contribution in [2.24, 2.45) is 0 Å². The number of para-hydroxylation sites is 1. The van der Waals surface area contributed by atoms with Gasteiger partial charge in [0.1, 0.15) is 16.4 Å². The molecule has 2 aromatic carbocycles. The van der Waals surface area contributed by atoms with Crippen LogP contribution in [0.25, 0.3) is 15.9 Å². The Kier molecular flexibility index (Phi) is 6.88. The van der Waals surface area contributed by atoms with E-state index in [0.717, 1.165) is 43.0 Å². The topological polar surface area (TPSA) is 73.2 Å². The van der Waals surface area contributed by atoms with E-state index in [-0.39, 0.29) is 22.9 Å². The lowest BCUT2D eigenvalue weighted by Crippen LogP contribution is -2.23. The van der Waals surface area contributed by atoms with E-state index in [2.05, 4.69) is 5.32 Å². The molecule has 0 bridgehead atoms. The summed E-state index contributed by atoms with van der Waals surface area (Å²) in [7, 11) is 0. The molecule has 0 spiro atoms. The van der Waals surface area contributed by atoms with Gasteiger partial charge in [0.05, 0.1) is 29.1 Å². The number of hydrogen-bond acceptors (Lipinski definition) is 6. The molecule has 1 amide bonds. The van der Waals surface area contributed by atoms with Crippen LogP contribution in [-0.2, 0) is 17.6 Å². The summed E-state index contributed by atoms with van der Waals surface area (Å²) >= 11 is 2.73. The quantitative estimate of drug-likeness (QED) is 0.260. The molecule has 35 heavy (non-hydrogen) atoms. The van der Waals surface area contributed by atoms with E-state index in [9.17, 15) is 14.0 Å². The molecule has 1 aliphatic rings. The van der Waals surface area contributed by atoms with Crippen LogP contribution in [-0.4, -0.2) is 27.8 Å². The van der Waals surface area contributed by atoms with Crippen molar-refractivity contribution in [1.82, 2.24) is 9.55 Å². The first-order chi connectivity index (χ1) is 17.0. The number of hydrogen-bond donors (Lipinski definition) is 1. The highest BCUT2D eigenvalue weighted by atomic mass is 32.2. The first-order valence-electron chi connectivity index (χ1n) is 11.5. The second-order valence-corrected chi connectivity index (χ2v) is 10.2. The predicted molar refractivity (Wildman–Crippen MR) is 139 cm³/mol. The molecule has 9 heteroatoms. The third kappa shape index (κ3) is 4.83. The van der Waals surface area contributed by atoms with Gasteiger partial charge >= 0.3 is 0 Å². The molecular formula is C26H24FN3O3S2. The standard InChI is InChI=1S/C26H24FN3O3S2/c1-2-33-17-13-11-16(12-14-17)30-25(32)23-18-7-3-6-10-21(18)35-24(23)29-26(30)34-15-22(31)28-20-9-5-4-8-19(20)27/h4-5,8-9,11-14H,2-3,6-7,10,15H2,1H3,(H,28,31). The van der Waals surface area contributed by atoms with Crippen molar-refractivity contribution in [2.75, 3.05) is 17.7 Å². The highest BCUT2D eigenvalue weighted by Crippen LogP contribution is 2.35. The Morgan fingerprint density at radius 2 is 1.94 bits per heavy atom. The summed E-state index contributed by atoms with van der Waals surface area (Å²) in [5, 5.41) is 3.69. The van der Waals surface area contributed by atoms with Crippen LogP contribution in [0.5, 0.6) is 5.75 Å². The number of nitrogens with zero attached hydrogens (tertiary/aromatic N) is 2. The summed E-state index contributed by atoms with van der Waals surface area (Å²) in [5.41, 5.74) is 1.76. The second kappa shape index (κ2) is 10.2. The smallest absolute Gasteiger partial charge is 0.267 e. The second-order valence-electron chi connectivity index (χ2n) is 8.17. The Morgan fingerprint density at radius 1 is 1.17 bits per heavy atom. The lowest BCUT2D eigenvalue weighted by molar-refractivity contribution is -0.113.